The number of nitrogens with one attached hydrogen (secondary N) is 2. The van der Waals surface area contributed by atoms with Crippen molar-refractivity contribution in [1.29, 1.82) is 0 Å². The number of carbonyl (C=O) groups excluding carboxylic acids is 3. The average Bonchev–Trinajstić information content (AvgIpc) is 2.76. The number of piperidine rings is 1. The third-order valence-corrected chi connectivity index (χ3v) is 6.24. The van der Waals surface area contributed by atoms with Gasteiger partial charge in [-0.1, -0.05) is 29.5 Å². The lowest BCUT2D eigenvalue weighted by Gasteiger charge is -2.31. The van der Waals surface area contributed by atoms with Crippen LogP contribution >= 0.6 is 11.8 Å². The van der Waals surface area contributed by atoms with Crippen molar-refractivity contribution in [3.63, 3.8) is 0 Å². The maximum Gasteiger partial charge on any atom is 0.409 e. The zero-order valence-electron chi connectivity index (χ0n) is 18.6. The summed E-state index contributed by atoms with van der Waals surface area (Å²) in [6.07, 6.45) is 1.04. The van der Waals surface area contributed by atoms with E-state index in [1.807, 2.05) is 37.3 Å². The van der Waals surface area contributed by atoms with Crippen LogP contribution in [0.15, 0.2) is 52.3 Å². The molecule has 2 aromatic carbocycles. The molecule has 7 nitrogen and oxygen atoms in total. The maximum absolute atomic E-state index is 12.8. The lowest BCUT2D eigenvalue weighted by molar-refractivity contribution is -0.114. The first-order valence-electron chi connectivity index (χ1n) is 10.7. The molecule has 1 aliphatic heterocycles. The summed E-state index contributed by atoms with van der Waals surface area (Å²) < 4.78 is 5.03. The summed E-state index contributed by atoms with van der Waals surface area (Å²) in [7, 11) is 0. The molecule has 8 heteroatoms. The smallest absolute Gasteiger partial charge is 0.409 e. The molecule has 0 unspecified atom stereocenters. The number of hydrogen-bond donors (Lipinski definition) is 2. The normalized spacial score (nSPS) is 14.0. The number of ether oxygens (including phenoxy) is 1. The van der Waals surface area contributed by atoms with Crippen LogP contribution in [0.2, 0.25) is 0 Å². The topological polar surface area (TPSA) is 87.7 Å². The van der Waals surface area contributed by atoms with Crippen LogP contribution in [0, 0.1) is 6.92 Å². The Morgan fingerprint density at radius 3 is 2.41 bits per heavy atom. The summed E-state index contributed by atoms with van der Waals surface area (Å²) in [5.41, 5.74) is 2.26. The zero-order chi connectivity index (χ0) is 23.1. The van der Waals surface area contributed by atoms with Gasteiger partial charge in [-0.25, -0.2) is 4.79 Å². The van der Waals surface area contributed by atoms with E-state index in [9.17, 15) is 14.4 Å². The van der Waals surface area contributed by atoms with E-state index in [-0.39, 0.29) is 23.9 Å². The first-order chi connectivity index (χ1) is 15.4. The molecule has 0 spiro atoms. The quantitative estimate of drug-likeness (QED) is 0.672. The third kappa shape index (κ3) is 6.50. The highest BCUT2D eigenvalue weighted by Crippen LogP contribution is 2.34. The molecule has 0 aromatic heterocycles. The Morgan fingerprint density at radius 1 is 1.09 bits per heavy atom. The Hall–Kier alpha value is -3.00. The Balaban J connectivity index is 1.66. The SMILES string of the molecule is CCOC(=O)N1CCC(NC(=O)c2ccc(Sc3ccc(C)cc3)c(NC(C)=O)c2)CC1. The highest BCUT2D eigenvalue weighted by Gasteiger charge is 2.25. The minimum absolute atomic E-state index is 0.0148. The Morgan fingerprint density at radius 2 is 1.78 bits per heavy atom. The number of rotatable bonds is 6. The summed E-state index contributed by atoms with van der Waals surface area (Å²) in [4.78, 5) is 40.0. The van der Waals surface area contributed by atoms with Gasteiger partial charge in [0.15, 0.2) is 0 Å². The summed E-state index contributed by atoms with van der Waals surface area (Å²) in [6, 6.07) is 13.5. The van der Waals surface area contributed by atoms with Gasteiger partial charge in [0.2, 0.25) is 5.91 Å². The summed E-state index contributed by atoms with van der Waals surface area (Å²) in [5.74, 6) is -0.391. The van der Waals surface area contributed by atoms with E-state index in [2.05, 4.69) is 10.6 Å². The molecule has 0 bridgehead atoms. The zero-order valence-corrected chi connectivity index (χ0v) is 19.5. The predicted molar refractivity (Wildman–Crippen MR) is 125 cm³/mol. The third-order valence-electron chi connectivity index (χ3n) is 5.16. The number of nitrogens with zero attached hydrogens (tertiary/aromatic N) is 1. The number of likely N-dealkylation sites (tertiary alicyclic amines) is 1. The molecule has 0 radical (unpaired) electrons. The second-order valence-corrected chi connectivity index (χ2v) is 8.86. The van der Waals surface area contributed by atoms with Gasteiger partial charge >= 0.3 is 6.09 Å². The van der Waals surface area contributed by atoms with E-state index >= 15 is 0 Å². The number of aryl methyl sites for hydroxylation is 1. The van der Waals surface area contributed by atoms with Crippen LogP contribution < -0.4 is 10.6 Å². The van der Waals surface area contributed by atoms with E-state index in [4.69, 9.17) is 4.74 Å². The Bertz CT molecular complexity index is 970. The fourth-order valence-corrected chi connectivity index (χ4v) is 4.35. The van der Waals surface area contributed by atoms with Gasteiger partial charge in [-0.2, -0.15) is 0 Å². The number of hydrogen-bond acceptors (Lipinski definition) is 5. The van der Waals surface area contributed by atoms with Crippen LogP contribution in [-0.2, 0) is 9.53 Å². The molecule has 0 aliphatic carbocycles. The fraction of sp³-hybridized carbons (Fsp3) is 0.375. The summed E-state index contributed by atoms with van der Waals surface area (Å²) in [5, 5.41) is 5.88. The minimum Gasteiger partial charge on any atom is -0.450 e. The second kappa shape index (κ2) is 11.0. The highest BCUT2D eigenvalue weighted by molar-refractivity contribution is 7.99. The molecule has 32 heavy (non-hydrogen) atoms. The molecule has 1 heterocycles. The van der Waals surface area contributed by atoms with Gasteiger partial charge in [-0.05, 0) is 57.0 Å². The highest BCUT2D eigenvalue weighted by atomic mass is 32.2. The van der Waals surface area contributed by atoms with Crippen molar-refractivity contribution in [3.8, 4) is 0 Å². The standard InChI is InChI=1S/C24H29N3O4S/c1-4-31-24(30)27-13-11-19(12-14-27)26-23(29)18-7-10-22(21(15-18)25-17(3)28)32-20-8-5-16(2)6-9-20/h5-10,15,19H,4,11-14H2,1-3H3,(H,25,28)(H,26,29). The van der Waals surface area contributed by atoms with Gasteiger partial charge in [-0.15, -0.1) is 0 Å². The van der Waals surface area contributed by atoms with Gasteiger partial charge < -0.3 is 20.3 Å². The molecular formula is C24H29N3O4S. The van der Waals surface area contributed by atoms with Crippen LogP contribution in [0.1, 0.15) is 42.6 Å². The van der Waals surface area contributed by atoms with E-state index in [0.717, 1.165) is 9.79 Å². The van der Waals surface area contributed by atoms with Crippen LogP contribution in [0.3, 0.4) is 0 Å². The van der Waals surface area contributed by atoms with Gasteiger partial charge in [-0.3, -0.25) is 9.59 Å². The molecule has 0 atom stereocenters. The number of amides is 3. The number of benzene rings is 2. The van der Waals surface area contributed by atoms with Gasteiger partial charge in [0, 0.05) is 41.4 Å². The molecule has 1 fully saturated rings. The largest absolute Gasteiger partial charge is 0.450 e. The molecule has 3 rings (SSSR count). The molecule has 1 aliphatic rings. The monoisotopic (exact) mass is 455 g/mol. The van der Waals surface area contributed by atoms with Crippen LogP contribution in [0.5, 0.6) is 0 Å². The molecule has 0 saturated carbocycles. The van der Waals surface area contributed by atoms with E-state index in [1.54, 1.807) is 24.0 Å². The number of carbonyl (C=O) groups is 3. The van der Waals surface area contributed by atoms with E-state index in [1.165, 1.54) is 24.2 Å². The van der Waals surface area contributed by atoms with Gasteiger partial charge in [0.05, 0.1) is 12.3 Å². The van der Waals surface area contributed by atoms with Crippen molar-refractivity contribution in [3.05, 3.63) is 53.6 Å². The van der Waals surface area contributed by atoms with E-state index in [0.29, 0.717) is 43.8 Å². The van der Waals surface area contributed by atoms with Gasteiger partial charge in [0.1, 0.15) is 0 Å². The molecule has 170 valence electrons. The summed E-state index contributed by atoms with van der Waals surface area (Å²) in [6.45, 7) is 6.71. The van der Waals surface area contributed by atoms with E-state index < -0.39 is 0 Å². The minimum atomic E-state index is -0.307. The van der Waals surface area contributed by atoms with Crippen LogP contribution in [0.25, 0.3) is 0 Å². The number of anilines is 1. The maximum atomic E-state index is 12.8. The second-order valence-electron chi connectivity index (χ2n) is 7.74. The average molecular weight is 456 g/mol. The van der Waals surface area contributed by atoms with Crippen molar-refractivity contribution >= 4 is 35.4 Å². The molecule has 2 aromatic rings. The van der Waals surface area contributed by atoms with Crippen molar-refractivity contribution in [2.24, 2.45) is 0 Å². The molecule has 1 saturated heterocycles. The Labute approximate surface area is 192 Å². The molecule has 3 amide bonds. The van der Waals surface area contributed by atoms with Crippen molar-refractivity contribution in [2.45, 2.75) is 49.4 Å². The first kappa shape index (κ1) is 23.7. The lowest BCUT2D eigenvalue weighted by atomic mass is 10.0. The first-order valence-corrected chi connectivity index (χ1v) is 11.6. The van der Waals surface area contributed by atoms with Crippen molar-refractivity contribution in [2.75, 3.05) is 25.0 Å². The van der Waals surface area contributed by atoms with Crippen LogP contribution in [0.4, 0.5) is 10.5 Å². The van der Waals surface area contributed by atoms with Crippen LogP contribution in [-0.4, -0.2) is 48.5 Å². The van der Waals surface area contributed by atoms with Crippen molar-refractivity contribution in [1.82, 2.24) is 10.2 Å². The van der Waals surface area contributed by atoms with Crippen molar-refractivity contribution < 1.29 is 19.1 Å². The lowest BCUT2D eigenvalue weighted by Crippen LogP contribution is -2.46. The summed E-state index contributed by atoms with van der Waals surface area (Å²) >= 11 is 1.53. The van der Waals surface area contributed by atoms with Gasteiger partial charge in [0.25, 0.3) is 5.91 Å². The Kier molecular flexibility index (Phi) is 8.16. The predicted octanol–water partition coefficient (Wildman–Crippen LogP) is 4.46. The fourth-order valence-electron chi connectivity index (χ4n) is 3.47. The molecule has 2 N–H and O–H groups in total. The molecular weight excluding hydrogens is 426 g/mol.